The zero-order valence-corrected chi connectivity index (χ0v) is 14.2. The average Bonchev–Trinajstić information content (AvgIpc) is 3.04. The van der Waals surface area contributed by atoms with Crippen molar-refractivity contribution in [3.05, 3.63) is 76.9 Å². The summed E-state index contributed by atoms with van der Waals surface area (Å²) in [7, 11) is 0. The number of benzene rings is 2. The smallest absolute Gasteiger partial charge is 0.282 e. The second kappa shape index (κ2) is 6.14. The fraction of sp³-hybridized carbons (Fsp3) is 0.0526. The second-order valence-corrected chi connectivity index (χ2v) is 6.66. The van der Waals surface area contributed by atoms with Crippen LogP contribution in [0.15, 0.2) is 70.3 Å². The number of aryl methyl sites for hydroxylation is 1. The summed E-state index contributed by atoms with van der Waals surface area (Å²) in [6.45, 7) is 2.02. The maximum absolute atomic E-state index is 12.4. The Hall–Kier alpha value is -2.99. The summed E-state index contributed by atoms with van der Waals surface area (Å²) in [5.41, 5.74) is 3.20. The molecule has 0 saturated carbocycles. The molecule has 6 heteroatoms. The van der Waals surface area contributed by atoms with E-state index in [-0.39, 0.29) is 11.4 Å². The molecule has 122 valence electrons. The molecule has 2 aromatic carbocycles. The molecule has 2 aliphatic rings. The van der Waals surface area contributed by atoms with Gasteiger partial charge < -0.3 is 0 Å². The first-order valence-electron chi connectivity index (χ1n) is 7.74. The van der Waals surface area contributed by atoms with Crippen molar-refractivity contribution in [2.75, 3.05) is 0 Å². The minimum Gasteiger partial charge on any atom is -0.282 e. The summed E-state index contributed by atoms with van der Waals surface area (Å²) in [6.07, 6.45) is 1.68. The molecule has 2 heterocycles. The predicted octanol–water partition coefficient (Wildman–Crippen LogP) is 3.66. The van der Waals surface area contributed by atoms with Crippen molar-refractivity contribution in [3.8, 4) is 0 Å². The van der Waals surface area contributed by atoms with Gasteiger partial charge in [0.05, 0.1) is 5.57 Å². The van der Waals surface area contributed by atoms with Gasteiger partial charge in [-0.2, -0.15) is 15.1 Å². The van der Waals surface area contributed by atoms with Crippen molar-refractivity contribution in [2.45, 2.75) is 6.92 Å². The molecular weight excluding hydrogens is 332 g/mol. The van der Waals surface area contributed by atoms with E-state index in [1.54, 1.807) is 6.08 Å². The molecule has 5 nitrogen and oxygen atoms in total. The highest BCUT2D eigenvalue weighted by molar-refractivity contribution is 8.27. The summed E-state index contributed by atoms with van der Waals surface area (Å²) >= 11 is 1.31. The van der Waals surface area contributed by atoms with Crippen LogP contribution in [0.25, 0.3) is 6.08 Å². The van der Waals surface area contributed by atoms with E-state index in [9.17, 15) is 4.79 Å². The summed E-state index contributed by atoms with van der Waals surface area (Å²) in [5.74, 6) is -0.360. The van der Waals surface area contributed by atoms with Crippen LogP contribution in [0, 0.1) is 12.3 Å². The van der Waals surface area contributed by atoms with Gasteiger partial charge in [0.1, 0.15) is 5.04 Å². The van der Waals surface area contributed by atoms with Crippen LogP contribution in [0.5, 0.6) is 0 Å². The van der Waals surface area contributed by atoms with Crippen LogP contribution in [0.1, 0.15) is 16.7 Å². The first-order chi connectivity index (χ1) is 12.1. The molecule has 0 radical (unpaired) electrons. The third-order valence-corrected chi connectivity index (χ3v) is 4.82. The summed E-state index contributed by atoms with van der Waals surface area (Å²) in [5, 5.41) is 15.4. The van der Waals surface area contributed by atoms with Gasteiger partial charge in [-0.3, -0.25) is 10.2 Å². The zero-order valence-electron chi connectivity index (χ0n) is 13.4. The first-order valence-corrected chi connectivity index (χ1v) is 8.56. The fourth-order valence-corrected chi connectivity index (χ4v) is 3.42. The number of amides is 1. The van der Waals surface area contributed by atoms with Gasteiger partial charge in [-0.25, -0.2) is 0 Å². The van der Waals surface area contributed by atoms with Crippen LogP contribution < -0.4 is 0 Å². The monoisotopic (exact) mass is 346 g/mol. The molecule has 2 aliphatic heterocycles. The van der Waals surface area contributed by atoms with Crippen LogP contribution in [-0.2, 0) is 4.79 Å². The maximum atomic E-state index is 12.4. The predicted molar refractivity (Wildman–Crippen MR) is 102 cm³/mol. The molecule has 0 saturated heterocycles. The largest absolute Gasteiger partial charge is 0.283 e. The third kappa shape index (κ3) is 2.92. The van der Waals surface area contributed by atoms with Crippen molar-refractivity contribution in [1.29, 1.82) is 5.41 Å². The number of carbonyl (C=O) groups is 1. The van der Waals surface area contributed by atoms with Gasteiger partial charge in [0.15, 0.2) is 5.84 Å². The number of hydrogen-bond donors (Lipinski definition) is 1. The standard InChI is InChI=1S/C19H14N4OS/c1-12-7-9-14(10-8-12)18-22-23-16(20)15(17(24)21-19(23)25-18)11-13-5-3-2-4-6-13/h2-11,20H,1H3/b15-11-,20-16?. The normalized spacial score (nSPS) is 18.3. The van der Waals surface area contributed by atoms with Crippen LogP contribution in [-0.4, -0.2) is 27.0 Å². The molecule has 0 bridgehead atoms. The first kappa shape index (κ1) is 15.5. The van der Waals surface area contributed by atoms with Gasteiger partial charge in [-0.15, -0.1) is 0 Å². The van der Waals surface area contributed by atoms with Gasteiger partial charge in [0.25, 0.3) is 5.91 Å². The van der Waals surface area contributed by atoms with Crippen molar-refractivity contribution in [1.82, 2.24) is 5.01 Å². The van der Waals surface area contributed by atoms with E-state index in [4.69, 9.17) is 5.41 Å². The molecular formula is C19H14N4OS. The van der Waals surface area contributed by atoms with Crippen molar-refractivity contribution >= 4 is 39.8 Å². The molecule has 0 aliphatic carbocycles. The molecule has 1 N–H and O–H groups in total. The Kier molecular flexibility index (Phi) is 3.82. The van der Waals surface area contributed by atoms with Gasteiger partial charge in [0, 0.05) is 5.56 Å². The summed E-state index contributed by atoms with van der Waals surface area (Å²) in [4.78, 5) is 16.5. The third-order valence-electron chi connectivity index (χ3n) is 3.86. The van der Waals surface area contributed by atoms with Crippen molar-refractivity contribution < 1.29 is 4.79 Å². The fourth-order valence-electron chi connectivity index (χ4n) is 2.52. The number of aliphatic imine (C=N–C) groups is 1. The Balaban J connectivity index is 1.69. The molecule has 0 unspecified atom stereocenters. The highest BCUT2D eigenvalue weighted by atomic mass is 32.2. The van der Waals surface area contributed by atoms with Crippen LogP contribution in [0.2, 0.25) is 0 Å². The highest BCUT2D eigenvalue weighted by Crippen LogP contribution is 2.30. The van der Waals surface area contributed by atoms with Crippen LogP contribution in [0.3, 0.4) is 0 Å². The number of fused-ring (bicyclic) bond motifs is 1. The number of hydrazone groups is 1. The van der Waals surface area contributed by atoms with E-state index >= 15 is 0 Å². The molecule has 25 heavy (non-hydrogen) atoms. The maximum Gasteiger partial charge on any atom is 0.283 e. The number of nitrogens with zero attached hydrogens (tertiary/aromatic N) is 3. The lowest BCUT2D eigenvalue weighted by atomic mass is 10.1. The lowest BCUT2D eigenvalue weighted by Crippen LogP contribution is -2.35. The minimum atomic E-state index is -0.409. The molecule has 0 atom stereocenters. The Labute approximate surface area is 149 Å². The van der Waals surface area contributed by atoms with Crippen molar-refractivity contribution in [2.24, 2.45) is 10.1 Å². The lowest BCUT2D eigenvalue weighted by Gasteiger charge is -2.20. The highest BCUT2D eigenvalue weighted by Gasteiger charge is 2.35. The average molecular weight is 346 g/mol. The van der Waals surface area contributed by atoms with E-state index in [0.29, 0.717) is 5.17 Å². The van der Waals surface area contributed by atoms with E-state index in [1.165, 1.54) is 22.3 Å². The van der Waals surface area contributed by atoms with Gasteiger partial charge in [-0.1, -0.05) is 60.2 Å². The second-order valence-electron chi connectivity index (χ2n) is 5.70. The molecule has 4 rings (SSSR count). The number of hydrogen-bond acceptors (Lipinski definition) is 4. The SMILES string of the molecule is Cc1ccc(C2=NN3C(=N)/C(=C/c4ccccc4)C(=O)N=C3S2)cc1. The van der Waals surface area contributed by atoms with Crippen molar-refractivity contribution in [3.63, 3.8) is 0 Å². The van der Waals surface area contributed by atoms with E-state index < -0.39 is 5.91 Å². The van der Waals surface area contributed by atoms with Gasteiger partial charge >= 0.3 is 0 Å². The van der Waals surface area contributed by atoms with Crippen LogP contribution in [0.4, 0.5) is 0 Å². The summed E-state index contributed by atoms with van der Waals surface area (Å²) in [6, 6.07) is 17.4. The molecule has 0 aromatic heterocycles. The van der Waals surface area contributed by atoms with E-state index in [2.05, 4.69) is 10.1 Å². The number of thioether (sulfide) groups is 1. The van der Waals surface area contributed by atoms with Crippen LogP contribution >= 0.6 is 11.8 Å². The Morgan fingerprint density at radius 2 is 1.80 bits per heavy atom. The summed E-state index contributed by atoms with van der Waals surface area (Å²) < 4.78 is 0. The lowest BCUT2D eigenvalue weighted by molar-refractivity contribution is -0.114. The van der Waals surface area contributed by atoms with E-state index in [0.717, 1.165) is 16.2 Å². The number of amidine groups is 2. The van der Waals surface area contributed by atoms with E-state index in [1.807, 2.05) is 61.5 Å². The molecule has 0 spiro atoms. The van der Waals surface area contributed by atoms with Gasteiger partial charge in [0.2, 0.25) is 5.17 Å². The zero-order chi connectivity index (χ0) is 17.4. The molecule has 1 amide bonds. The molecule has 0 fully saturated rings. The minimum absolute atomic E-state index is 0.0495. The Morgan fingerprint density at radius 3 is 2.52 bits per heavy atom. The Morgan fingerprint density at radius 1 is 1.08 bits per heavy atom. The topological polar surface area (TPSA) is 68.9 Å². The number of nitrogens with one attached hydrogen (secondary N) is 1. The Bertz CT molecular complexity index is 959. The number of rotatable bonds is 2. The molecule has 2 aromatic rings. The number of carbonyl (C=O) groups excluding carboxylic acids is 1. The quantitative estimate of drug-likeness (QED) is 0.844. The van der Waals surface area contributed by atoms with Gasteiger partial charge in [-0.05, 0) is 30.3 Å².